The van der Waals surface area contributed by atoms with Crippen LogP contribution in [-0.4, -0.2) is 14.5 Å². The first-order chi connectivity index (χ1) is 27.2. The van der Waals surface area contributed by atoms with Crippen molar-refractivity contribution < 1.29 is 0 Å². The molecule has 4 heteroatoms. The highest BCUT2D eigenvalue weighted by Crippen LogP contribution is 2.40. The molecule has 0 radical (unpaired) electrons. The number of nitrogens with zero attached hydrogens (tertiary/aromatic N) is 4. The largest absolute Gasteiger partial charge is 0.278 e. The van der Waals surface area contributed by atoms with Gasteiger partial charge in [-0.3, -0.25) is 4.57 Å². The number of aromatic nitrogens is 3. The van der Waals surface area contributed by atoms with Crippen LogP contribution in [0.15, 0.2) is 182 Å². The average molecular weight is 699 g/mol. The van der Waals surface area contributed by atoms with Gasteiger partial charge in [0.2, 0.25) is 5.95 Å². The molecule has 2 aromatic heterocycles. The number of rotatable bonds is 4. The Kier molecular flexibility index (Phi) is 6.89. The summed E-state index contributed by atoms with van der Waals surface area (Å²) < 4.78 is 2.25. The van der Waals surface area contributed by atoms with Crippen molar-refractivity contribution in [2.75, 3.05) is 0 Å². The summed E-state index contributed by atoms with van der Waals surface area (Å²) in [5, 5.41) is 10.6. The van der Waals surface area contributed by atoms with E-state index >= 15 is 0 Å². The SMILES string of the molecule is [C-]#[N+]c1ccc(-c2ccc(-c3nc(-n4c5cc6ccccc6cc5c5c6ccccc6ccc54)nc4cc(-c5ccc6ccccc6c5)ccc34)cc2)cc1. The number of benzene rings is 9. The molecule has 0 saturated carbocycles. The number of fused-ring (bicyclic) bond motifs is 8. The normalized spacial score (nSPS) is 11.6. The molecule has 2 heterocycles. The zero-order chi connectivity index (χ0) is 36.5. The van der Waals surface area contributed by atoms with Crippen molar-refractivity contribution in [2.24, 2.45) is 0 Å². The third-order valence-corrected chi connectivity index (χ3v) is 11.0. The topological polar surface area (TPSA) is 35.1 Å². The number of hydrogen-bond donors (Lipinski definition) is 0. The standard InChI is InChI=1S/C51H30N4/c1-52-42-24-20-34(21-25-42)33-14-17-36(18-15-33)50-44-26-22-41(40-19-16-32-8-2-3-10-37(32)28-40)30-46(44)53-51(54-50)55-47-27-23-35-9-6-7-13-43(35)49(47)45-29-38-11-4-5-12-39(38)31-48(45)55/h2-31H. The molecule has 0 amide bonds. The van der Waals surface area contributed by atoms with Crippen molar-refractivity contribution in [1.82, 2.24) is 14.5 Å². The van der Waals surface area contributed by atoms with Crippen LogP contribution >= 0.6 is 0 Å². The summed E-state index contributed by atoms with van der Waals surface area (Å²) in [6, 6.07) is 64.2. The first kappa shape index (κ1) is 31.0. The molecule has 9 aromatic carbocycles. The van der Waals surface area contributed by atoms with Gasteiger partial charge >= 0.3 is 0 Å². The van der Waals surface area contributed by atoms with Crippen molar-refractivity contribution in [3.8, 4) is 39.5 Å². The van der Waals surface area contributed by atoms with Crippen molar-refractivity contribution in [3.05, 3.63) is 193 Å². The third kappa shape index (κ3) is 5.06. The summed E-state index contributed by atoms with van der Waals surface area (Å²) in [5.74, 6) is 0.627. The monoisotopic (exact) mass is 698 g/mol. The summed E-state index contributed by atoms with van der Waals surface area (Å²) in [6.45, 7) is 7.34. The van der Waals surface area contributed by atoms with Crippen molar-refractivity contribution in [1.29, 1.82) is 0 Å². The second kappa shape index (κ2) is 12.2. The molecule has 0 aliphatic carbocycles. The molecule has 0 N–H and O–H groups in total. The molecule has 11 aromatic rings. The fourth-order valence-electron chi connectivity index (χ4n) is 8.22. The minimum Gasteiger partial charge on any atom is -0.278 e. The van der Waals surface area contributed by atoms with E-state index in [1.165, 1.54) is 43.1 Å². The van der Waals surface area contributed by atoms with E-state index in [-0.39, 0.29) is 0 Å². The van der Waals surface area contributed by atoms with Crippen LogP contribution in [0, 0.1) is 6.57 Å². The van der Waals surface area contributed by atoms with Gasteiger partial charge in [-0.1, -0.05) is 146 Å². The van der Waals surface area contributed by atoms with Gasteiger partial charge in [0.25, 0.3) is 0 Å². The Morgan fingerprint density at radius 2 is 0.982 bits per heavy atom. The second-order valence-corrected chi connectivity index (χ2v) is 14.1. The summed E-state index contributed by atoms with van der Waals surface area (Å²) in [7, 11) is 0. The third-order valence-electron chi connectivity index (χ3n) is 11.0. The van der Waals surface area contributed by atoms with Crippen molar-refractivity contribution >= 4 is 70.7 Å². The molecule has 0 spiro atoms. The smallest absolute Gasteiger partial charge is 0.235 e. The molecule has 55 heavy (non-hydrogen) atoms. The Labute approximate surface area is 317 Å². The molecule has 254 valence electrons. The van der Waals surface area contributed by atoms with Crippen molar-refractivity contribution in [3.63, 3.8) is 0 Å². The molecule has 0 bridgehead atoms. The summed E-state index contributed by atoms with van der Waals surface area (Å²) in [5.41, 5.74) is 9.92. The molecule has 0 aliphatic rings. The highest BCUT2D eigenvalue weighted by molar-refractivity contribution is 6.23. The lowest BCUT2D eigenvalue weighted by molar-refractivity contribution is 1.01. The van der Waals surface area contributed by atoms with E-state index in [2.05, 4.69) is 167 Å². The van der Waals surface area contributed by atoms with E-state index in [9.17, 15) is 0 Å². The van der Waals surface area contributed by atoms with Crippen LogP contribution in [0.3, 0.4) is 0 Å². The predicted molar refractivity (Wildman–Crippen MR) is 229 cm³/mol. The van der Waals surface area contributed by atoms with Crippen LogP contribution in [0.25, 0.3) is 109 Å². The van der Waals surface area contributed by atoms with E-state index in [1.807, 2.05) is 24.3 Å². The molecule has 0 saturated heterocycles. The lowest BCUT2D eigenvalue weighted by atomic mass is 9.98. The highest BCUT2D eigenvalue weighted by atomic mass is 15.2. The quantitative estimate of drug-likeness (QED) is 0.172. The molecule has 11 rings (SSSR count). The molecular weight excluding hydrogens is 669 g/mol. The van der Waals surface area contributed by atoms with Gasteiger partial charge in [-0.25, -0.2) is 14.8 Å². The maximum absolute atomic E-state index is 7.34. The van der Waals surface area contributed by atoms with E-state index < -0.39 is 0 Å². The van der Waals surface area contributed by atoms with E-state index in [0.29, 0.717) is 11.6 Å². The minimum absolute atomic E-state index is 0.627. The molecule has 4 nitrogen and oxygen atoms in total. The predicted octanol–water partition coefficient (Wildman–Crippen LogP) is 13.7. The lowest BCUT2D eigenvalue weighted by Crippen LogP contribution is -2.03. The van der Waals surface area contributed by atoms with Crippen LogP contribution in [-0.2, 0) is 0 Å². The summed E-state index contributed by atoms with van der Waals surface area (Å²) in [4.78, 5) is 14.4. The fourth-order valence-corrected chi connectivity index (χ4v) is 8.22. The minimum atomic E-state index is 0.627. The maximum Gasteiger partial charge on any atom is 0.235 e. The van der Waals surface area contributed by atoms with Gasteiger partial charge in [0.1, 0.15) is 0 Å². The van der Waals surface area contributed by atoms with Crippen LogP contribution in [0.5, 0.6) is 0 Å². The van der Waals surface area contributed by atoms with Gasteiger partial charge < -0.3 is 0 Å². The molecule has 0 atom stereocenters. The summed E-state index contributed by atoms with van der Waals surface area (Å²) in [6.07, 6.45) is 0. The van der Waals surface area contributed by atoms with Crippen LogP contribution in [0.4, 0.5) is 5.69 Å². The van der Waals surface area contributed by atoms with E-state index in [1.54, 1.807) is 0 Å². The molecule has 0 unspecified atom stereocenters. The van der Waals surface area contributed by atoms with Gasteiger partial charge in [0.05, 0.1) is 28.8 Å². The van der Waals surface area contributed by atoms with Gasteiger partial charge in [-0.2, -0.15) is 0 Å². The van der Waals surface area contributed by atoms with Gasteiger partial charge in [-0.15, -0.1) is 0 Å². The molecular formula is C51H30N4. The van der Waals surface area contributed by atoms with Gasteiger partial charge in [0.15, 0.2) is 5.69 Å². The van der Waals surface area contributed by atoms with Crippen molar-refractivity contribution in [2.45, 2.75) is 0 Å². The first-order valence-electron chi connectivity index (χ1n) is 18.4. The van der Waals surface area contributed by atoms with Gasteiger partial charge in [0, 0.05) is 21.7 Å². The zero-order valence-electron chi connectivity index (χ0n) is 29.6. The van der Waals surface area contributed by atoms with Crippen LogP contribution < -0.4 is 0 Å². The van der Waals surface area contributed by atoms with E-state index in [0.717, 1.165) is 55.4 Å². The Morgan fingerprint density at radius 1 is 0.400 bits per heavy atom. The summed E-state index contributed by atoms with van der Waals surface area (Å²) >= 11 is 0. The fraction of sp³-hybridized carbons (Fsp3) is 0. The maximum atomic E-state index is 7.34. The number of hydrogen-bond acceptors (Lipinski definition) is 2. The molecule has 0 aliphatic heterocycles. The van der Waals surface area contributed by atoms with E-state index in [4.69, 9.17) is 16.5 Å². The lowest BCUT2D eigenvalue weighted by Gasteiger charge is -2.14. The Balaban J connectivity index is 1.18. The Morgan fingerprint density at radius 3 is 1.75 bits per heavy atom. The average Bonchev–Trinajstić information content (AvgIpc) is 3.58. The first-order valence-corrected chi connectivity index (χ1v) is 18.4. The highest BCUT2D eigenvalue weighted by Gasteiger charge is 2.20. The Hall–Kier alpha value is -7.61. The second-order valence-electron chi connectivity index (χ2n) is 14.1. The van der Waals surface area contributed by atoms with Gasteiger partial charge in [-0.05, 0) is 91.0 Å². The molecule has 0 fully saturated rings. The Bertz CT molecular complexity index is 3370. The van der Waals surface area contributed by atoms with Crippen LogP contribution in [0.1, 0.15) is 0 Å². The zero-order valence-corrected chi connectivity index (χ0v) is 29.6. The van der Waals surface area contributed by atoms with Crippen LogP contribution in [0.2, 0.25) is 0 Å².